The minimum Gasteiger partial charge on any atom is -0.399 e. The highest BCUT2D eigenvalue weighted by atomic mass is 32.2. The summed E-state index contributed by atoms with van der Waals surface area (Å²) in [5.41, 5.74) is 25.0. The summed E-state index contributed by atoms with van der Waals surface area (Å²) in [6.45, 7) is 1.92. The Kier molecular flexibility index (Phi) is 7.87. The molecule has 0 heterocycles. The minimum atomic E-state index is -4.36. The first-order valence-corrected chi connectivity index (χ1v) is 12.0. The molecule has 0 saturated heterocycles. The molecule has 2 aromatic rings. The monoisotopic (exact) mass is 483 g/mol. The van der Waals surface area contributed by atoms with E-state index in [1.165, 1.54) is 36.4 Å². The smallest absolute Gasteiger partial charge is 0.296 e. The van der Waals surface area contributed by atoms with Gasteiger partial charge in [-0.05, 0) is 61.9 Å². The maximum Gasteiger partial charge on any atom is 0.296 e. The van der Waals surface area contributed by atoms with Crippen molar-refractivity contribution in [1.29, 1.82) is 0 Å². The first-order valence-electron chi connectivity index (χ1n) is 9.13. The zero-order chi connectivity index (χ0) is 24.1. The second-order valence-electron chi connectivity index (χ2n) is 6.92. The predicted molar refractivity (Wildman–Crippen MR) is 123 cm³/mol. The van der Waals surface area contributed by atoms with Crippen LogP contribution >= 0.6 is 0 Å². The standard InChI is InChI=1S/C13H18N4O3S.C6H7NO3S/c1-8-6-9(14)2-4-11(8)16-17-12-5-3-10(15)7-13(12)21(18,19)20;7-5-1-3-6(4-2-5)11(8,9)10/h2-3,5-7,11,16-17H,4,14-15H2,1H3,(H,18,19,20);1-4H,7H2,(H,8,9,10). The average molecular weight is 484 g/mol. The number of hydrogen-bond acceptors (Lipinski definition) is 9. The van der Waals surface area contributed by atoms with Crippen LogP contribution in [-0.2, 0) is 20.2 Å². The lowest BCUT2D eigenvalue weighted by Gasteiger charge is -2.23. The highest BCUT2D eigenvalue weighted by molar-refractivity contribution is 7.86. The molecule has 0 radical (unpaired) electrons. The maximum absolute atomic E-state index is 11.4. The van der Waals surface area contributed by atoms with Crippen molar-refractivity contribution in [2.24, 2.45) is 5.73 Å². The fourth-order valence-corrected chi connectivity index (χ4v) is 3.86. The topological polar surface area (TPSA) is 211 Å². The number of allylic oxidation sites excluding steroid dienone is 1. The normalized spacial score (nSPS) is 16.3. The molecule has 13 heteroatoms. The molecule has 0 aromatic heterocycles. The van der Waals surface area contributed by atoms with E-state index < -0.39 is 20.2 Å². The van der Waals surface area contributed by atoms with Crippen molar-refractivity contribution in [3.8, 4) is 0 Å². The van der Waals surface area contributed by atoms with Crippen LogP contribution in [0.3, 0.4) is 0 Å². The van der Waals surface area contributed by atoms with E-state index in [1.807, 2.05) is 19.1 Å². The first kappa shape index (κ1) is 25.2. The van der Waals surface area contributed by atoms with E-state index in [0.717, 1.165) is 5.57 Å². The second-order valence-corrected chi connectivity index (χ2v) is 9.74. The average Bonchev–Trinajstić information content (AvgIpc) is 2.67. The Bertz CT molecular complexity index is 1240. The zero-order valence-corrected chi connectivity index (χ0v) is 18.7. The number of benzene rings is 2. The molecule has 0 amide bonds. The lowest BCUT2D eigenvalue weighted by Crippen LogP contribution is -2.36. The number of hydrazine groups is 1. The molecule has 0 spiro atoms. The molecule has 32 heavy (non-hydrogen) atoms. The summed E-state index contributed by atoms with van der Waals surface area (Å²) < 4.78 is 61.4. The van der Waals surface area contributed by atoms with Crippen LogP contribution in [0.1, 0.15) is 13.3 Å². The van der Waals surface area contributed by atoms with Crippen LogP contribution in [0.25, 0.3) is 0 Å². The SMILES string of the molecule is CC1=CC(N)=CCC1NNc1ccc(N)cc1S(=O)(=O)O.Nc1ccc(S(=O)(=O)O)cc1. The van der Waals surface area contributed by atoms with E-state index in [4.69, 9.17) is 21.8 Å². The second kappa shape index (κ2) is 10.0. The Morgan fingerprint density at radius 1 is 0.906 bits per heavy atom. The van der Waals surface area contributed by atoms with Gasteiger partial charge in [0.1, 0.15) is 4.90 Å². The van der Waals surface area contributed by atoms with Crippen LogP contribution in [0, 0.1) is 0 Å². The third-order valence-corrected chi connectivity index (χ3v) is 6.14. The number of anilines is 3. The molecule has 0 bridgehead atoms. The van der Waals surface area contributed by atoms with Crippen molar-refractivity contribution in [1.82, 2.24) is 5.43 Å². The van der Waals surface area contributed by atoms with Crippen LogP contribution in [0.2, 0.25) is 0 Å². The molecular formula is C19H25N5O6S2. The van der Waals surface area contributed by atoms with E-state index >= 15 is 0 Å². The summed E-state index contributed by atoms with van der Waals surface area (Å²) in [5, 5.41) is 0. The molecule has 2 aromatic carbocycles. The largest absolute Gasteiger partial charge is 0.399 e. The van der Waals surface area contributed by atoms with E-state index in [-0.39, 0.29) is 27.2 Å². The fraction of sp³-hybridized carbons (Fsp3) is 0.158. The zero-order valence-electron chi connectivity index (χ0n) is 17.1. The van der Waals surface area contributed by atoms with Gasteiger partial charge in [0.05, 0.1) is 16.6 Å². The van der Waals surface area contributed by atoms with Gasteiger partial charge in [0.2, 0.25) is 0 Å². The summed E-state index contributed by atoms with van der Waals surface area (Å²) in [7, 11) is -8.44. The quantitative estimate of drug-likeness (QED) is 0.184. The van der Waals surface area contributed by atoms with Gasteiger partial charge in [0.25, 0.3) is 20.2 Å². The molecule has 11 nitrogen and oxygen atoms in total. The van der Waals surface area contributed by atoms with Gasteiger partial charge in [0.15, 0.2) is 0 Å². The number of nitrogens with one attached hydrogen (secondary N) is 2. The summed E-state index contributed by atoms with van der Waals surface area (Å²) in [4.78, 5) is -0.422. The molecule has 3 rings (SSSR count). The van der Waals surface area contributed by atoms with Gasteiger partial charge in [-0.1, -0.05) is 11.6 Å². The molecule has 10 N–H and O–H groups in total. The van der Waals surface area contributed by atoms with Gasteiger partial charge >= 0.3 is 0 Å². The van der Waals surface area contributed by atoms with Crippen molar-refractivity contribution in [3.05, 3.63) is 65.9 Å². The van der Waals surface area contributed by atoms with Crippen LogP contribution in [0.5, 0.6) is 0 Å². The summed E-state index contributed by atoms with van der Waals surface area (Å²) in [5.74, 6) is 0. The third kappa shape index (κ3) is 7.25. The van der Waals surface area contributed by atoms with E-state index in [0.29, 0.717) is 17.8 Å². The third-order valence-electron chi connectivity index (χ3n) is 4.38. The molecule has 1 atom stereocenters. The Morgan fingerprint density at radius 3 is 2.03 bits per heavy atom. The highest BCUT2D eigenvalue weighted by Gasteiger charge is 2.18. The summed E-state index contributed by atoms with van der Waals surface area (Å²) in [6, 6.07) is 9.49. The van der Waals surface area contributed by atoms with Crippen molar-refractivity contribution in [2.45, 2.75) is 29.2 Å². The van der Waals surface area contributed by atoms with Gasteiger partial charge in [-0.15, -0.1) is 0 Å². The fourth-order valence-electron chi connectivity index (χ4n) is 2.70. The Hall–Kier alpha value is -3.10. The minimum absolute atomic E-state index is 0.0240. The summed E-state index contributed by atoms with van der Waals surface area (Å²) in [6.07, 6.45) is 4.39. The predicted octanol–water partition coefficient (Wildman–Crippen LogP) is 1.51. The molecule has 174 valence electrons. The number of nitrogen functional groups attached to an aromatic ring is 2. The molecule has 1 aliphatic rings. The van der Waals surface area contributed by atoms with E-state index in [1.54, 1.807) is 6.07 Å². The Balaban J connectivity index is 0.000000278. The van der Waals surface area contributed by atoms with Crippen LogP contribution < -0.4 is 28.1 Å². The molecule has 0 saturated carbocycles. The molecule has 1 unspecified atom stereocenters. The van der Waals surface area contributed by atoms with Gasteiger partial charge in [-0.3, -0.25) is 9.11 Å². The Labute approximate surface area is 186 Å². The lowest BCUT2D eigenvalue weighted by molar-refractivity contribution is 0.481. The van der Waals surface area contributed by atoms with Gasteiger partial charge in [0, 0.05) is 17.1 Å². The van der Waals surface area contributed by atoms with Crippen LogP contribution in [0.4, 0.5) is 17.1 Å². The lowest BCUT2D eigenvalue weighted by atomic mass is 10.00. The van der Waals surface area contributed by atoms with Gasteiger partial charge in [-0.25, -0.2) is 5.43 Å². The maximum atomic E-state index is 11.4. The van der Waals surface area contributed by atoms with Crippen LogP contribution in [-0.4, -0.2) is 32.0 Å². The van der Waals surface area contributed by atoms with Crippen LogP contribution in [0.15, 0.2) is 75.7 Å². The van der Waals surface area contributed by atoms with Crippen molar-refractivity contribution in [2.75, 3.05) is 16.9 Å². The van der Waals surface area contributed by atoms with Crippen molar-refractivity contribution >= 4 is 37.3 Å². The molecule has 0 fully saturated rings. The first-order chi connectivity index (χ1) is 14.8. The highest BCUT2D eigenvalue weighted by Crippen LogP contribution is 2.24. The molecular weight excluding hydrogens is 458 g/mol. The van der Waals surface area contributed by atoms with Gasteiger partial charge < -0.3 is 22.6 Å². The van der Waals surface area contributed by atoms with Gasteiger partial charge in [-0.2, -0.15) is 16.8 Å². The Morgan fingerprint density at radius 2 is 1.50 bits per heavy atom. The number of nitrogens with two attached hydrogens (primary N) is 3. The number of hydrogen-bond donors (Lipinski definition) is 7. The van der Waals surface area contributed by atoms with Crippen molar-refractivity contribution in [3.63, 3.8) is 0 Å². The number of rotatable bonds is 5. The van der Waals surface area contributed by atoms with E-state index in [9.17, 15) is 21.4 Å². The summed E-state index contributed by atoms with van der Waals surface area (Å²) >= 11 is 0. The van der Waals surface area contributed by atoms with E-state index in [2.05, 4.69) is 10.9 Å². The molecule has 0 aliphatic heterocycles. The molecule has 1 aliphatic carbocycles. The van der Waals surface area contributed by atoms with Crippen molar-refractivity contribution < 1.29 is 25.9 Å².